The molecule has 150 valence electrons. The Bertz CT molecular complexity index is 1020. The third-order valence-electron chi connectivity index (χ3n) is 3.78. The molecule has 0 radical (unpaired) electrons. The van der Waals surface area contributed by atoms with E-state index in [1.807, 2.05) is 30.3 Å². The molecule has 1 amide bonds. The Labute approximate surface area is 182 Å². The van der Waals surface area contributed by atoms with Crippen LogP contribution in [0.1, 0.15) is 16.6 Å². The fourth-order valence-electron chi connectivity index (χ4n) is 2.50. The second-order valence-electron chi connectivity index (χ2n) is 5.85. The normalized spacial score (nSPS) is 10.4. The molecule has 3 aromatic rings. The van der Waals surface area contributed by atoms with E-state index in [0.717, 1.165) is 10.4 Å². The van der Waals surface area contributed by atoms with E-state index in [0.29, 0.717) is 26.4 Å². The summed E-state index contributed by atoms with van der Waals surface area (Å²) in [5, 5.41) is 3.49. The first-order valence-corrected chi connectivity index (χ1v) is 10.3. The summed E-state index contributed by atoms with van der Waals surface area (Å²) in [6.45, 7) is 1.69. The molecule has 1 heterocycles. The standard InChI is InChI=1S/C21H17Cl2NO4S/c1-2-27-21(26)20-16(11-18(29-20)13-6-4-3-5-7-13)24-19(25)12-28-17-9-8-14(22)10-15(17)23/h3-11H,2,12H2,1H3,(H,24,25). The van der Waals surface area contributed by atoms with Crippen molar-refractivity contribution in [3.63, 3.8) is 0 Å². The summed E-state index contributed by atoms with van der Waals surface area (Å²) in [5.41, 5.74) is 1.32. The minimum Gasteiger partial charge on any atom is -0.482 e. The van der Waals surface area contributed by atoms with Crippen molar-refractivity contribution < 1.29 is 19.1 Å². The first kappa shape index (κ1) is 21.2. The lowest BCUT2D eigenvalue weighted by molar-refractivity contribution is -0.118. The van der Waals surface area contributed by atoms with Gasteiger partial charge in [0.05, 0.1) is 17.3 Å². The van der Waals surface area contributed by atoms with Gasteiger partial charge in [-0.05, 0) is 36.8 Å². The molecule has 3 rings (SSSR count). The maximum absolute atomic E-state index is 12.4. The SMILES string of the molecule is CCOC(=O)c1sc(-c2ccccc2)cc1NC(=O)COc1ccc(Cl)cc1Cl. The van der Waals surface area contributed by atoms with E-state index in [1.54, 1.807) is 25.1 Å². The zero-order valence-electron chi connectivity index (χ0n) is 15.4. The van der Waals surface area contributed by atoms with Gasteiger partial charge in [0, 0.05) is 9.90 Å². The molecule has 0 spiro atoms. The van der Waals surface area contributed by atoms with Crippen LogP contribution in [0.15, 0.2) is 54.6 Å². The van der Waals surface area contributed by atoms with E-state index in [2.05, 4.69) is 5.32 Å². The molecule has 0 aliphatic carbocycles. The molecule has 0 bridgehead atoms. The van der Waals surface area contributed by atoms with Crippen LogP contribution < -0.4 is 10.1 Å². The highest BCUT2D eigenvalue weighted by molar-refractivity contribution is 7.18. The van der Waals surface area contributed by atoms with Crippen LogP contribution in [0.4, 0.5) is 5.69 Å². The van der Waals surface area contributed by atoms with E-state index in [1.165, 1.54) is 17.4 Å². The summed E-state index contributed by atoms with van der Waals surface area (Å²) in [7, 11) is 0. The topological polar surface area (TPSA) is 64.6 Å². The second kappa shape index (κ2) is 9.78. The molecule has 0 unspecified atom stereocenters. The molecule has 0 aliphatic heterocycles. The largest absolute Gasteiger partial charge is 0.482 e. The van der Waals surface area contributed by atoms with Gasteiger partial charge in [-0.2, -0.15) is 0 Å². The van der Waals surface area contributed by atoms with Crippen LogP contribution in [0, 0.1) is 0 Å². The van der Waals surface area contributed by atoms with Crippen LogP contribution in [0.25, 0.3) is 10.4 Å². The van der Waals surface area contributed by atoms with Crippen LogP contribution in [0.2, 0.25) is 10.0 Å². The molecule has 29 heavy (non-hydrogen) atoms. The van der Waals surface area contributed by atoms with Crippen molar-refractivity contribution in [3.05, 3.63) is 69.5 Å². The molecular weight excluding hydrogens is 433 g/mol. The van der Waals surface area contributed by atoms with E-state index in [4.69, 9.17) is 32.7 Å². The molecule has 1 N–H and O–H groups in total. The van der Waals surface area contributed by atoms with Crippen molar-refractivity contribution in [2.45, 2.75) is 6.92 Å². The molecule has 8 heteroatoms. The number of carbonyl (C=O) groups is 2. The van der Waals surface area contributed by atoms with Gasteiger partial charge in [0.1, 0.15) is 10.6 Å². The Morgan fingerprint density at radius 1 is 1.07 bits per heavy atom. The number of rotatable bonds is 7. The predicted octanol–water partition coefficient (Wildman–Crippen LogP) is 5.92. The van der Waals surface area contributed by atoms with Gasteiger partial charge in [-0.1, -0.05) is 53.5 Å². The lowest BCUT2D eigenvalue weighted by Crippen LogP contribution is -2.21. The fraction of sp³-hybridized carbons (Fsp3) is 0.143. The second-order valence-corrected chi connectivity index (χ2v) is 7.75. The quantitative estimate of drug-likeness (QED) is 0.454. The highest BCUT2D eigenvalue weighted by atomic mass is 35.5. The maximum atomic E-state index is 12.4. The maximum Gasteiger partial charge on any atom is 0.350 e. The third kappa shape index (κ3) is 5.50. The minimum atomic E-state index is -0.489. The lowest BCUT2D eigenvalue weighted by atomic mass is 10.2. The van der Waals surface area contributed by atoms with Crippen molar-refractivity contribution in [2.24, 2.45) is 0 Å². The average Bonchev–Trinajstić information content (AvgIpc) is 3.12. The summed E-state index contributed by atoms with van der Waals surface area (Å²) >= 11 is 13.2. The Hall–Kier alpha value is -2.54. The van der Waals surface area contributed by atoms with Crippen LogP contribution in [-0.2, 0) is 9.53 Å². The van der Waals surface area contributed by atoms with Crippen molar-refractivity contribution in [1.82, 2.24) is 0 Å². The van der Waals surface area contributed by atoms with Crippen LogP contribution in [-0.4, -0.2) is 25.1 Å². The highest BCUT2D eigenvalue weighted by Gasteiger charge is 2.20. The molecule has 2 aromatic carbocycles. The average molecular weight is 450 g/mol. The zero-order chi connectivity index (χ0) is 20.8. The van der Waals surface area contributed by atoms with Crippen molar-refractivity contribution in [2.75, 3.05) is 18.5 Å². The van der Waals surface area contributed by atoms with Crippen LogP contribution in [0.5, 0.6) is 5.75 Å². The highest BCUT2D eigenvalue weighted by Crippen LogP contribution is 2.35. The number of carbonyl (C=O) groups excluding carboxylic acids is 2. The summed E-state index contributed by atoms with van der Waals surface area (Å²) in [6, 6.07) is 16.0. The summed E-state index contributed by atoms with van der Waals surface area (Å²) in [4.78, 5) is 25.9. The van der Waals surface area contributed by atoms with Gasteiger partial charge < -0.3 is 14.8 Å². The number of thiophene rings is 1. The molecule has 0 atom stereocenters. The van der Waals surface area contributed by atoms with Crippen molar-refractivity contribution >= 4 is 52.1 Å². The first-order chi connectivity index (χ1) is 14.0. The van der Waals surface area contributed by atoms with Gasteiger partial charge in [-0.3, -0.25) is 4.79 Å². The summed E-state index contributed by atoms with van der Waals surface area (Å²) < 4.78 is 10.6. The third-order valence-corrected chi connectivity index (χ3v) is 5.47. The molecule has 0 saturated carbocycles. The molecule has 0 aliphatic rings. The summed E-state index contributed by atoms with van der Waals surface area (Å²) in [6.07, 6.45) is 0. The smallest absolute Gasteiger partial charge is 0.350 e. The van der Waals surface area contributed by atoms with Gasteiger partial charge >= 0.3 is 5.97 Å². The lowest BCUT2D eigenvalue weighted by Gasteiger charge is -2.09. The van der Waals surface area contributed by atoms with E-state index < -0.39 is 11.9 Å². The number of halogens is 2. The van der Waals surface area contributed by atoms with Gasteiger partial charge in [0.2, 0.25) is 0 Å². The molecule has 1 aromatic heterocycles. The number of ether oxygens (including phenoxy) is 2. The Morgan fingerprint density at radius 2 is 1.83 bits per heavy atom. The van der Waals surface area contributed by atoms with Crippen LogP contribution >= 0.6 is 34.5 Å². The van der Waals surface area contributed by atoms with E-state index in [9.17, 15) is 9.59 Å². The number of benzene rings is 2. The molecule has 0 saturated heterocycles. The van der Waals surface area contributed by atoms with E-state index in [-0.39, 0.29) is 13.2 Å². The summed E-state index contributed by atoms with van der Waals surface area (Å²) in [5.74, 6) is -0.581. The monoisotopic (exact) mass is 449 g/mol. The van der Waals surface area contributed by atoms with Gasteiger partial charge in [-0.25, -0.2) is 4.79 Å². The number of nitrogens with one attached hydrogen (secondary N) is 1. The number of esters is 1. The zero-order valence-corrected chi connectivity index (χ0v) is 17.7. The van der Waals surface area contributed by atoms with Gasteiger partial charge in [-0.15, -0.1) is 11.3 Å². The predicted molar refractivity (Wildman–Crippen MR) is 116 cm³/mol. The van der Waals surface area contributed by atoms with Gasteiger partial charge in [0.15, 0.2) is 6.61 Å². The first-order valence-electron chi connectivity index (χ1n) is 8.72. The number of hydrogen-bond acceptors (Lipinski definition) is 5. The van der Waals surface area contributed by atoms with E-state index >= 15 is 0 Å². The Kier molecular flexibility index (Phi) is 7.14. The molecular formula is C21H17Cl2NO4S. The molecule has 5 nitrogen and oxygen atoms in total. The fourth-order valence-corrected chi connectivity index (χ4v) is 3.97. The van der Waals surface area contributed by atoms with Gasteiger partial charge in [0.25, 0.3) is 5.91 Å². The number of amides is 1. The molecule has 0 fully saturated rings. The van der Waals surface area contributed by atoms with Crippen molar-refractivity contribution in [1.29, 1.82) is 0 Å². The Balaban J connectivity index is 1.76. The van der Waals surface area contributed by atoms with Crippen LogP contribution in [0.3, 0.4) is 0 Å². The number of hydrogen-bond donors (Lipinski definition) is 1. The van der Waals surface area contributed by atoms with Crippen molar-refractivity contribution in [3.8, 4) is 16.2 Å². The Morgan fingerprint density at radius 3 is 2.52 bits per heavy atom. The number of anilines is 1. The minimum absolute atomic E-state index is 0.239.